The molecule has 1 amide bonds. The van der Waals surface area contributed by atoms with Crippen molar-refractivity contribution >= 4 is 17.5 Å². The first-order valence-corrected chi connectivity index (χ1v) is 7.44. The van der Waals surface area contributed by atoms with Gasteiger partial charge in [0.15, 0.2) is 0 Å². The normalized spacial score (nSPS) is 19.8. The van der Waals surface area contributed by atoms with Crippen LogP contribution >= 0.6 is 11.6 Å². The smallest absolute Gasteiger partial charge is 0.227 e. The largest absolute Gasteiger partial charge is 0.338 e. The van der Waals surface area contributed by atoms with Crippen LogP contribution in [0.3, 0.4) is 0 Å². The van der Waals surface area contributed by atoms with E-state index in [9.17, 15) is 13.6 Å². The van der Waals surface area contributed by atoms with Gasteiger partial charge in [0.05, 0.1) is 6.42 Å². The van der Waals surface area contributed by atoms with Crippen molar-refractivity contribution in [2.45, 2.75) is 38.1 Å². The first-order chi connectivity index (χ1) is 9.61. The van der Waals surface area contributed by atoms with Crippen LogP contribution in [-0.4, -0.2) is 29.3 Å². The molecule has 2 rings (SSSR count). The van der Waals surface area contributed by atoms with Crippen LogP contribution in [-0.2, 0) is 11.2 Å². The van der Waals surface area contributed by atoms with Crippen molar-refractivity contribution in [2.24, 2.45) is 0 Å². The molecule has 0 radical (unpaired) electrons. The lowest BCUT2D eigenvalue weighted by molar-refractivity contribution is -0.132. The molecule has 1 aromatic rings. The van der Waals surface area contributed by atoms with Gasteiger partial charge in [-0.15, -0.1) is 11.6 Å². The van der Waals surface area contributed by atoms with E-state index in [-0.39, 0.29) is 23.9 Å². The van der Waals surface area contributed by atoms with Crippen molar-refractivity contribution < 1.29 is 13.6 Å². The van der Waals surface area contributed by atoms with Gasteiger partial charge in [0.25, 0.3) is 0 Å². The number of nitrogens with zero attached hydrogens (tertiary/aromatic N) is 1. The fourth-order valence-corrected chi connectivity index (χ4v) is 2.92. The van der Waals surface area contributed by atoms with Crippen molar-refractivity contribution in [3.05, 3.63) is 35.4 Å². The molecule has 0 N–H and O–H groups in total. The molecule has 1 aliphatic heterocycles. The summed E-state index contributed by atoms with van der Waals surface area (Å²) in [6.45, 7) is 0.666. The van der Waals surface area contributed by atoms with Crippen LogP contribution in [0.4, 0.5) is 8.78 Å². The summed E-state index contributed by atoms with van der Waals surface area (Å²) in [4.78, 5) is 14.1. The third-order valence-electron chi connectivity index (χ3n) is 3.73. The molecule has 1 atom stereocenters. The Balaban J connectivity index is 2.09. The molecule has 0 aromatic heterocycles. The van der Waals surface area contributed by atoms with Gasteiger partial charge >= 0.3 is 0 Å². The first-order valence-electron chi connectivity index (χ1n) is 6.91. The molecular weight excluding hydrogens is 284 g/mol. The zero-order chi connectivity index (χ0) is 14.5. The second-order valence-electron chi connectivity index (χ2n) is 5.16. The van der Waals surface area contributed by atoms with Crippen molar-refractivity contribution in [1.29, 1.82) is 0 Å². The summed E-state index contributed by atoms with van der Waals surface area (Å²) in [6.07, 6.45) is 3.94. The number of hydrogen-bond donors (Lipinski definition) is 0. The van der Waals surface area contributed by atoms with E-state index in [0.717, 1.165) is 31.7 Å². The molecule has 0 spiro atoms. The van der Waals surface area contributed by atoms with Gasteiger partial charge in [-0.25, -0.2) is 8.78 Å². The molecule has 110 valence electrons. The summed E-state index contributed by atoms with van der Waals surface area (Å²) in [6, 6.07) is 3.34. The van der Waals surface area contributed by atoms with E-state index in [2.05, 4.69) is 0 Å². The molecule has 2 nitrogen and oxygen atoms in total. The monoisotopic (exact) mass is 301 g/mol. The van der Waals surface area contributed by atoms with Crippen LogP contribution in [0.25, 0.3) is 0 Å². The predicted molar refractivity (Wildman–Crippen MR) is 74.8 cm³/mol. The molecule has 1 fully saturated rings. The second kappa shape index (κ2) is 7.02. The number of carbonyl (C=O) groups excluding carboxylic acids is 1. The Morgan fingerprint density at radius 3 is 2.80 bits per heavy atom. The Kier molecular flexibility index (Phi) is 5.35. The van der Waals surface area contributed by atoms with E-state index in [1.165, 1.54) is 12.1 Å². The molecule has 1 unspecified atom stereocenters. The average Bonchev–Trinajstić information content (AvgIpc) is 2.67. The minimum atomic E-state index is -0.671. The Bertz CT molecular complexity index is 481. The van der Waals surface area contributed by atoms with Gasteiger partial charge < -0.3 is 4.90 Å². The number of likely N-dealkylation sites (tertiary alicyclic amines) is 1. The molecule has 1 heterocycles. The number of benzene rings is 1. The molecule has 5 heteroatoms. The summed E-state index contributed by atoms with van der Waals surface area (Å²) < 4.78 is 26.5. The van der Waals surface area contributed by atoms with E-state index >= 15 is 0 Å². The van der Waals surface area contributed by atoms with Gasteiger partial charge in [0.2, 0.25) is 5.91 Å². The minimum absolute atomic E-state index is 0.0233. The van der Waals surface area contributed by atoms with Crippen LogP contribution in [0.2, 0.25) is 0 Å². The molecule has 0 aliphatic carbocycles. The highest BCUT2D eigenvalue weighted by atomic mass is 35.5. The Morgan fingerprint density at radius 1 is 1.30 bits per heavy atom. The van der Waals surface area contributed by atoms with Gasteiger partial charge in [-0.3, -0.25) is 4.79 Å². The Hall–Kier alpha value is -1.16. The topological polar surface area (TPSA) is 20.3 Å². The van der Waals surface area contributed by atoms with E-state index in [1.54, 1.807) is 4.90 Å². The minimum Gasteiger partial charge on any atom is -0.338 e. The third-order valence-corrected chi connectivity index (χ3v) is 4.09. The molecule has 1 aromatic carbocycles. The van der Waals surface area contributed by atoms with Gasteiger partial charge in [-0.1, -0.05) is 18.9 Å². The summed E-state index contributed by atoms with van der Waals surface area (Å²) >= 11 is 5.93. The van der Waals surface area contributed by atoms with Crippen LogP contribution in [0.1, 0.15) is 31.2 Å². The molecule has 0 bridgehead atoms. The van der Waals surface area contributed by atoms with Crippen molar-refractivity contribution in [1.82, 2.24) is 4.90 Å². The summed E-state index contributed by atoms with van der Waals surface area (Å²) in [5.74, 6) is -1.04. The number of rotatable bonds is 3. The summed E-state index contributed by atoms with van der Waals surface area (Å²) in [5.41, 5.74) is 0.231. The second-order valence-corrected chi connectivity index (χ2v) is 5.47. The SMILES string of the molecule is O=C(Cc1ccc(F)cc1F)N1CCCCCC1CCl. The van der Waals surface area contributed by atoms with Crippen LogP contribution < -0.4 is 0 Å². The van der Waals surface area contributed by atoms with Crippen molar-refractivity contribution in [3.63, 3.8) is 0 Å². The number of alkyl halides is 1. The predicted octanol–water partition coefficient (Wildman–Crippen LogP) is 3.52. The van der Waals surface area contributed by atoms with Gasteiger partial charge in [-0.05, 0) is 24.5 Å². The molecule has 20 heavy (non-hydrogen) atoms. The number of amides is 1. The quantitative estimate of drug-likeness (QED) is 0.782. The van der Waals surface area contributed by atoms with Gasteiger partial charge in [0.1, 0.15) is 11.6 Å². The lowest BCUT2D eigenvalue weighted by Gasteiger charge is -2.28. The van der Waals surface area contributed by atoms with E-state index in [4.69, 9.17) is 11.6 Å². The lowest BCUT2D eigenvalue weighted by Crippen LogP contribution is -2.42. The first kappa shape index (κ1) is 15.2. The molecule has 0 saturated carbocycles. The van der Waals surface area contributed by atoms with E-state index in [1.807, 2.05) is 0 Å². The van der Waals surface area contributed by atoms with Crippen LogP contribution in [0.5, 0.6) is 0 Å². The summed E-state index contributed by atoms with van der Waals surface area (Å²) in [5, 5.41) is 0. The summed E-state index contributed by atoms with van der Waals surface area (Å²) in [7, 11) is 0. The van der Waals surface area contributed by atoms with Crippen LogP contribution in [0, 0.1) is 11.6 Å². The number of halogens is 3. The number of hydrogen-bond acceptors (Lipinski definition) is 1. The van der Waals surface area contributed by atoms with E-state index in [0.29, 0.717) is 12.4 Å². The maximum absolute atomic E-state index is 13.6. The average molecular weight is 302 g/mol. The maximum atomic E-state index is 13.6. The van der Waals surface area contributed by atoms with Crippen LogP contribution in [0.15, 0.2) is 18.2 Å². The van der Waals surface area contributed by atoms with Crippen molar-refractivity contribution in [2.75, 3.05) is 12.4 Å². The van der Waals surface area contributed by atoms with Gasteiger partial charge in [0, 0.05) is 24.5 Å². The molecule has 1 saturated heterocycles. The molecule has 1 aliphatic rings. The maximum Gasteiger partial charge on any atom is 0.227 e. The fraction of sp³-hybridized carbons (Fsp3) is 0.533. The highest BCUT2D eigenvalue weighted by Crippen LogP contribution is 2.20. The van der Waals surface area contributed by atoms with E-state index < -0.39 is 11.6 Å². The Morgan fingerprint density at radius 2 is 2.10 bits per heavy atom. The highest BCUT2D eigenvalue weighted by molar-refractivity contribution is 6.18. The Labute approximate surface area is 122 Å². The van der Waals surface area contributed by atoms with Gasteiger partial charge in [-0.2, -0.15) is 0 Å². The highest BCUT2D eigenvalue weighted by Gasteiger charge is 2.25. The zero-order valence-electron chi connectivity index (χ0n) is 11.2. The fourth-order valence-electron chi connectivity index (χ4n) is 2.60. The number of carbonyl (C=O) groups is 1. The standard InChI is InChI=1S/C15H18ClF2NO/c16-10-13-4-2-1-3-7-19(13)15(20)8-11-5-6-12(17)9-14(11)18/h5-6,9,13H,1-4,7-8,10H2. The lowest BCUT2D eigenvalue weighted by atomic mass is 10.1. The zero-order valence-corrected chi connectivity index (χ0v) is 12.0. The third kappa shape index (κ3) is 3.69. The van der Waals surface area contributed by atoms with Crippen molar-refractivity contribution in [3.8, 4) is 0 Å². The molecular formula is C15H18ClF2NO.